The molecule has 2 rings (SSSR count). The molecule has 90 valence electrons. The highest BCUT2D eigenvalue weighted by Gasteiger charge is 2.17. The van der Waals surface area contributed by atoms with Crippen LogP contribution in [0.5, 0.6) is 0 Å². The molecule has 0 unspecified atom stereocenters. The van der Waals surface area contributed by atoms with E-state index >= 15 is 0 Å². The van der Waals surface area contributed by atoms with E-state index in [-0.39, 0.29) is 17.8 Å². The lowest BCUT2D eigenvalue weighted by Gasteiger charge is -2.11. The monoisotopic (exact) mass is 251 g/mol. The minimum Gasteiger partial charge on any atom is -0.459 e. The number of halogens is 1. The van der Waals surface area contributed by atoms with Gasteiger partial charge >= 0.3 is 0 Å². The van der Waals surface area contributed by atoms with E-state index in [1.165, 1.54) is 0 Å². The first-order valence-electron chi connectivity index (χ1n) is 5.47. The summed E-state index contributed by atoms with van der Waals surface area (Å²) in [5, 5.41) is 3.86. The molecule has 1 heterocycles. The average Bonchev–Trinajstić information content (AvgIpc) is 2.67. The standard InChI is InChI=1S/C13H14ClNO2/c1-8-10-5-3-4-6-11(10)17-13(8)9(2)15-12(16)7-14/h3-6,9H,7H2,1-2H3,(H,15,16)/t9-/m0/s1. The van der Waals surface area contributed by atoms with Crippen molar-refractivity contribution in [1.82, 2.24) is 5.32 Å². The van der Waals surface area contributed by atoms with E-state index in [4.69, 9.17) is 16.0 Å². The van der Waals surface area contributed by atoms with Crippen molar-refractivity contribution in [1.29, 1.82) is 0 Å². The number of furan rings is 1. The third-order valence-corrected chi connectivity index (χ3v) is 3.02. The molecular weight excluding hydrogens is 238 g/mol. The molecule has 1 aromatic heterocycles. The van der Waals surface area contributed by atoms with Crippen molar-refractivity contribution < 1.29 is 9.21 Å². The van der Waals surface area contributed by atoms with E-state index in [1.807, 2.05) is 38.1 Å². The molecule has 0 saturated heterocycles. The molecule has 0 spiro atoms. The van der Waals surface area contributed by atoms with Gasteiger partial charge in [-0.15, -0.1) is 11.6 Å². The van der Waals surface area contributed by atoms with Crippen LogP contribution in [0.1, 0.15) is 24.3 Å². The zero-order valence-corrected chi connectivity index (χ0v) is 10.5. The summed E-state index contributed by atoms with van der Waals surface area (Å²) < 4.78 is 5.75. The molecule has 1 amide bonds. The number of hydrogen-bond donors (Lipinski definition) is 1. The molecule has 0 radical (unpaired) electrons. The maximum Gasteiger partial charge on any atom is 0.235 e. The molecule has 0 aliphatic heterocycles. The van der Waals surface area contributed by atoms with Crippen molar-refractivity contribution in [3.05, 3.63) is 35.6 Å². The van der Waals surface area contributed by atoms with Crippen molar-refractivity contribution in [2.75, 3.05) is 5.88 Å². The quantitative estimate of drug-likeness (QED) is 0.852. The molecule has 3 nitrogen and oxygen atoms in total. The number of fused-ring (bicyclic) bond motifs is 1. The van der Waals surface area contributed by atoms with E-state index in [2.05, 4.69) is 5.32 Å². The Bertz CT molecular complexity index is 547. The van der Waals surface area contributed by atoms with Crippen molar-refractivity contribution in [2.45, 2.75) is 19.9 Å². The molecule has 0 fully saturated rings. The summed E-state index contributed by atoms with van der Waals surface area (Å²) in [4.78, 5) is 11.2. The van der Waals surface area contributed by atoms with Gasteiger partial charge < -0.3 is 9.73 Å². The number of rotatable bonds is 3. The summed E-state index contributed by atoms with van der Waals surface area (Å²) in [6.45, 7) is 3.87. The predicted molar refractivity (Wildman–Crippen MR) is 68.2 cm³/mol. The number of aryl methyl sites for hydroxylation is 1. The number of amides is 1. The highest BCUT2D eigenvalue weighted by molar-refractivity contribution is 6.27. The Morgan fingerprint density at radius 1 is 1.47 bits per heavy atom. The van der Waals surface area contributed by atoms with Gasteiger partial charge in [0.2, 0.25) is 5.91 Å². The molecule has 1 atom stereocenters. The Kier molecular flexibility index (Phi) is 3.38. The molecule has 2 aromatic rings. The van der Waals surface area contributed by atoms with Gasteiger partial charge in [-0.2, -0.15) is 0 Å². The van der Waals surface area contributed by atoms with E-state index < -0.39 is 0 Å². The highest BCUT2D eigenvalue weighted by Crippen LogP contribution is 2.28. The maximum absolute atomic E-state index is 11.2. The van der Waals surface area contributed by atoms with Crippen molar-refractivity contribution in [3.63, 3.8) is 0 Å². The van der Waals surface area contributed by atoms with Gasteiger partial charge in [-0.1, -0.05) is 18.2 Å². The molecular formula is C13H14ClNO2. The first-order chi connectivity index (χ1) is 8.13. The van der Waals surface area contributed by atoms with Crippen molar-refractivity contribution >= 4 is 28.5 Å². The summed E-state index contributed by atoms with van der Waals surface area (Å²) in [5.74, 6) is 0.549. The number of carbonyl (C=O) groups excluding carboxylic acids is 1. The van der Waals surface area contributed by atoms with Gasteiger partial charge in [-0.05, 0) is 19.9 Å². The normalized spacial score (nSPS) is 12.6. The Morgan fingerprint density at radius 3 is 2.82 bits per heavy atom. The second-order valence-corrected chi connectivity index (χ2v) is 4.28. The average molecular weight is 252 g/mol. The van der Waals surface area contributed by atoms with E-state index in [1.54, 1.807) is 0 Å². The number of carbonyl (C=O) groups is 1. The summed E-state index contributed by atoms with van der Waals surface area (Å²) in [5.41, 5.74) is 1.90. The lowest BCUT2D eigenvalue weighted by molar-refractivity contribution is -0.119. The lowest BCUT2D eigenvalue weighted by atomic mass is 10.1. The Labute approximate surface area is 105 Å². The van der Waals surface area contributed by atoms with E-state index in [0.717, 1.165) is 22.3 Å². The smallest absolute Gasteiger partial charge is 0.235 e. The molecule has 0 aliphatic carbocycles. The second kappa shape index (κ2) is 4.80. The van der Waals surface area contributed by atoms with Crippen LogP contribution in [-0.2, 0) is 4.79 Å². The van der Waals surface area contributed by atoms with Gasteiger partial charge in [0.25, 0.3) is 0 Å². The van der Waals surface area contributed by atoms with Crippen LogP contribution in [0.25, 0.3) is 11.0 Å². The number of alkyl halides is 1. The molecule has 17 heavy (non-hydrogen) atoms. The van der Waals surface area contributed by atoms with Gasteiger partial charge in [0.05, 0.1) is 6.04 Å². The SMILES string of the molecule is Cc1c([C@H](C)NC(=O)CCl)oc2ccccc12. The maximum atomic E-state index is 11.2. The van der Waals surface area contributed by atoms with Gasteiger partial charge in [0.15, 0.2) is 0 Å². The van der Waals surface area contributed by atoms with Crippen LogP contribution >= 0.6 is 11.6 Å². The minimum absolute atomic E-state index is 0.0381. The fourth-order valence-corrected chi connectivity index (χ4v) is 2.03. The van der Waals surface area contributed by atoms with Crippen molar-refractivity contribution in [3.8, 4) is 0 Å². The van der Waals surface area contributed by atoms with Gasteiger partial charge in [-0.25, -0.2) is 0 Å². The topological polar surface area (TPSA) is 42.2 Å². The van der Waals surface area contributed by atoms with Crippen LogP contribution in [0.4, 0.5) is 0 Å². The number of para-hydroxylation sites is 1. The summed E-state index contributed by atoms with van der Waals surface area (Å²) >= 11 is 5.46. The summed E-state index contributed by atoms with van der Waals surface area (Å²) in [6, 6.07) is 7.65. The zero-order chi connectivity index (χ0) is 12.4. The van der Waals surface area contributed by atoms with Crippen LogP contribution in [0.15, 0.2) is 28.7 Å². The zero-order valence-electron chi connectivity index (χ0n) is 9.79. The molecule has 0 bridgehead atoms. The van der Waals surface area contributed by atoms with Crippen LogP contribution < -0.4 is 5.32 Å². The highest BCUT2D eigenvalue weighted by atomic mass is 35.5. The Morgan fingerprint density at radius 2 is 2.18 bits per heavy atom. The van der Waals surface area contributed by atoms with Gasteiger partial charge in [0.1, 0.15) is 17.2 Å². The fourth-order valence-electron chi connectivity index (χ4n) is 1.95. The third kappa shape index (κ3) is 2.29. The van der Waals surface area contributed by atoms with E-state index in [9.17, 15) is 4.79 Å². The van der Waals surface area contributed by atoms with Gasteiger partial charge in [-0.3, -0.25) is 4.79 Å². The molecule has 0 saturated carbocycles. The molecule has 1 N–H and O–H groups in total. The number of nitrogens with one attached hydrogen (secondary N) is 1. The van der Waals surface area contributed by atoms with E-state index in [0.29, 0.717) is 0 Å². The fraction of sp³-hybridized carbons (Fsp3) is 0.308. The summed E-state index contributed by atoms with van der Waals surface area (Å²) in [7, 11) is 0. The molecule has 1 aromatic carbocycles. The lowest BCUT2D eigenvalue weighted by Crippen LogP contribution is -2.27. The molecule has 0 aliphatic rings. The Balaban J connectivity index is 2.35. The predicted octanol–water partition coefficient (Wildman–Crippen LogP) is 3.16. The third-order valence-electron chi connectivity index (χ3n) is 2.77. The summed E-state index contributed by atoms with van der Waals surface area (Å²) in [6.07, 6.45) is 0. The second-order valence-electron chi connectivity index (χ2n) is 4.01. The van der Waals surface area contributed by atoms with Crippen LogP contribution in [-0.4, -0.2) is 11.8 Å². The minimum atomic E-state index is -0.195. The van der Waals surface area contributed by atoms with Crippen LogP contribution in [0, 0.1) is 6.92 Å². The number of hydrogen-bond acceptors (Lipinski definition) is 2. The Hall–Kier alpha value is -1.48. The van der Waals surface area contributed by atoms with Crippen LogP contribution in [0.2, 0.25) is 0 Å². The van der Waals surface area contributed by atoms with Crippen LogP contribution in [0.3, 0.4) is 0 Å². The largest absolute Gasteiger partial charge is 0.459 e. The first kappa shape index (κ1) is 12.0. The van der Waals surface area contributed by atoms with Gasteiger partial charge in [0, 0.05) is 10.9 Å². The first-order valence-corrected chi connectivity index (χ1v) is 6.00. The molecule has 4 heteroatoms. The number of benzene rings is 1. The van der Waals surface area contributed by atoms with Crippen molar-refractivity contribution in [2.24, 2.45) is 0 Å².